The standard InChI is InChI=1S/C26H25NO5/c1-3-31-23-12-8-7-11-22(23)27-26(29)25(20-9-5-4-6-10-20)32-24(28)18-15-19-13-16-21(30-2)17-14-19/h4-18,25H,3H2,1-2H3,(H,27,29)/b18-15+/t25-/m1/s1. The molecular weight excluding hydrogens is 406 g/mol. The van der Waals surface area contributed by atoms with E-state index in [9.17, 15) is 9.59 Å². The van der Waals surface area contributed by atoms with Crippen molar-refractivity contribution in [2.75, 3.05) is 19.0 Å². The molecule has 0 bridgehead atoms. The number of anilines is 1. The van der Waals surface area contributed by atoms with E-state index in [4.69, 9.17) is 14.2 Å². The number of carbonyl (C=O) groups is 2. The smallest absolute Gasteiger partial charge is 0.331 e. The minimum Gasteiger partial charge on any atom is -0.497 e. The molecule has 32 heavy (non-hydrogen) atoms. The molecular formula is C26H25NO5. The maximum absolute atomic E-state index is 13.1. The van der Waals surface area contributed by atoms with Gasteiger partial charge < -0.3 is 19.5 Å². The van der Waals surface area contributed by atoms with E-state index in [1.54, 1.807) is 67.8 Å². The lowest BCUT2D eigenvalue weighted by Gasteiger charge is -2.18. The Hall–Kier alpha value is -4.06. The number of esters is 1. The molecule has 0 saturated heterocycles. The molecule has 0 aliphatic carbocycles. The van der Waals surface area contributed by atoms with E-state index in [-0.39, 0.29) is 0 Å². The predicted molar refractivity (Wildman–Crippen MR) is 124 cm³/mol. The highest BCUT2D eigenvalue weighted by atomic mass is 16.5. The van der Waals surface area contributed by atoms with Gasteiger partial charge in [-0.15, -0.1) is 0 Å². The lowest BCUT2D eigenvalue weighted by molar-refractivity contribution is -0.149. The molecule has 6 nitrogen and oxygen atoms in total. The van der Waals surface area contributed by atoms with Gasteiger partial charge in [-0.1, -0.05) is 54.6 Å². The average Bonchev–Trinajstić information content (AvgIpc) is 2.83. The van der Waals surface area contributed by atoms with Crippen molar-refractivity contribution < 1.29 is 23.8 Å². The van der Waals surface area contributed by atoms with E-state index in [0.29, 0.717) is 23.6 Å². The van der Waals surface area contributed by atoms with Gasteiger partial charge in [-0.25, -0.2) is 4.79 Å². The van der Waals surface area contributed by atoms with Crippen LogP contribution in [-0.4, -0.2) is 25.6 Å². The van der Waals surface area contributed by atoms with Gasteiger partial charge in [0.05, 0.1) is 19.4 Å². The Bertz CT molecular complexity index is 1060. The molecule has 1 N–H and O–H groups in total. The minimum absolute atomic E-state index is 0.458. The number of ether oxygens (including phenoxy) is 3. The monoisotopic (exact) mass is 431 g/mol. The van der Waals surface area contributed by atoms with Crippen molar-refractivity contribution in [3.8, 4) is 11.5 Å². The molecule has 1 amide bonds. The Morgan fingerprint density at radius 2 is 1.62 bits per heavy atom. The highest BCUT2D eigenvalue weighted by Gasteiger charge is 2.25. The van der Waals surface area contributed by atoms with E-state index in [1.807, 2.05) is 31.2 Å². The second-order valence-corrected chi connectivity index (χ2v) is 6.75. The Kier molecular flexibility index (Phi) is 8.03. The molecule has 0 fully saturated rings. The van der Waals surface area contributed by atoms with Crippen LogP contribution in [0.1, 0.15) is 24.2 Å². The quantitative estimate of drug-likeness (QED) is 0.380. The van der Waals surface area contributed by atoms with Gasteiger partial charge in [-0.2, -0.15) is 0 Å². The molecule has 3 aromatic carbocycles. The van der Waals surface area contributed by atoms with Gasteiger partial charge in [0.15, 0.2) is 0 Å². The fraction of sp³-hybridized carbons (Fsp3) is 0.154. The summed E-state index contributed by atoms with van der Waals surface area (Å²) in [7, 11) is 1.59. The van der Waals surface area contributed by atoms with Gasteiger partial charge in [0.25, 0.3) is 5.91 Å². The van der Waals surface area contributed by atoms with E-state index in [1.165, 1.54) is 6.08 Å². The topological polar surface area (TPSA) is 73.9 Å². The van der Waals surface area contributed by atoms with Crippen LogP contribution >= 0.6 is 0 Å². The summed E-state index contributed by atoms with van der Waals surface area (Å²) < 4.78 is 16.2. The molecule has 3 aromatic rings. The summed E-state index contributed by atoms with van der Waals surface area (Å²) >= 11 is 0. The molecule has 3 rings (SSSR count). The first kappa shape index (κ1) is 22.6. The third-order valence-corrected chi connectivity index (χ3v) is 4.55. The van der Waals surface area contributed by atoms with Crippen LogP contribution in [0.15, 0.2) is 84.9 Å². The van der Waals surface area contributed by atoms with Crippen molar-refractivity contribution in [3.63, 3.8) is 0 Å². The van der Waals surface area contributed by atoms with Crippen LogP contribution in [0.5, 0.6) is 11.5 Å². The number of benzene rings is 3. The predicted octanol–water partition coefficient (Wildman–Crippen LogP) is 5.03. The van der Waals surface area contributed by atoms with E-state index in [2.05, 4.69) is 5.32 Å². The number of hydrogen-bond donors (Lipinski definition) is 1. The zero-order valence-electron chi connectivity index (χ0n) is 18.0. The van der Waals surface area contributed by atoms with Crippen LogP contribution in [0.4, 0.5) is 5.69 Å². The maximum Gasteiger partial charge on any atom is 0.331 e. The van der Waals surface area contributed by atoms with Gasteiger partial charge in [0, 0.05) is 11.6 Å². The van der Waals surface area contributed by atoms with Gasteiger partial charge in [-0.05, 0) is 42.8 Å². The molecule has 0 unspecified atom stereocenters. The van der Waals surface area contributed by atoms with E-state index < -0.39 is 18.0 Å². The van der Waals surface area contributed by atoms with Crippen molar-refractivity contribution in [3.05, 3.63) is 96.1 Å². The van der Waals surface area contributed by atoms with Crippen molar-refractivity contribution in [2.45, 2.75) is 13.0 Å². The lowest BCUT2D eigenvalue weighted by Crippen LogP contribution is -2.25. The zero-order valence-corrected chi connectivity index (χ0v) is 18.0. The van der Waals surface area contributed by atoms with Gasteiger partial charge in [-0.3, -0.25) is 4.79 Å². The Morgan fingerprint density at radius 3 is 2.31 bits per heavy atom. The minimum atomic E-state index is -1.13. The molecule has 0 aromatic heterocycles. The van der Waals surface area contributed by atoms with Gasteiger partial charge in [0.2, 0.25) is 6.10 Å². The molecule has 0 aliphatic heterocycles. The van der Waals surface area contributed by atoms with Crippen LogP contribution in [0.25, 0.3) is 6.08 Å². The second-order valence-electron chi connectivity index (χ2n) is 6.75. The summed E-state index contributed by atoms with van der Waals surface area (Å²) in [5.41, 5.74) is 1.87. The van der Waals surface area contributed by atoms with Gasteiger partial charge in [0.1, 0.15) is 11.5 Å². The van der Waals surface area contributed by atoms with Crippen LogP contribution in [-0.2, 0) is 14.3 Å². The summed E-state index contributed by atoms with van der Waals surface area (Å²) in [4.78, 5) is 25.6. The number of nitrogens with one attached hydrogen (secondary N) is 1. The zero-order chi connectivity index (χ0) is 22.8. The first-order chi connectivity index (χ1) is 15.6. The lowest BCUT2D eigenvalue weighted by atomic mass is 10.1. The molecule has 164 valence electrons. The number of rotatable bonds is 9. The molecule has 0 radical (unpaired) electrons. The maximum atomic E-state index is 13.1. The van der Waals surface area contributed by atoms with Crippen LogP contribution in [0, 0.1) is 0 Å². The molecule has 0 spiro atoms. The van der Waals surface area contributed by atoms with E-state index in [0.717, 1.165) is 11.3 Å². The third-order valence-electron chi connectivity index (χ3n) is 4.55. The highest BCUT2D eigenvalue weighted by Crippen LogP contribution is 2.27. The first-order valence-electron chi connectivity index (χ1n) is 10.2. The summed E-state index contributed by atoms with van der Waals surface area (Å²) in [6.07, 6.45) is 1.78. The van der Waals surface area contributed by atoms with Gasteiger partial charge >= 0.3 is 5.97 Å². The largest absolute Gasteiger partial charge is 0.497 e. The Labute approximate surface area is 187 Å². The summed E-state index contributed by atoms with van der Waals surface area (Å²) in [6.45, 7) is 2.32. The van der Waals surface area contributed by atoms with Crippen molar-refractivity contribution in [1.29, 1.82) is 0 Å². The number of methoxy groups -OCH3 is 1. The van der Waals surface area contributed by atoms with Crippen molar-refractivity contribution in [2.24, 2.45) is 0 Å². The molecule has 0 saturated carbocycles. The number of amides is 1. The van der Waals surface area contributed by atoms with E-state index >= 15 is 0 Å². The number of carbonyl (C=O) groups excluding carboxylic acids is 2. The third kappa shape index (κ3) is 6.22. The fourth-order valence-electron chi connectivity index (χ4n) is 2.99. The summed E-state index contributed by atoms with van der Waals surface area (Å²) in [5, 5.41) is 2.81. The average molecular weight is 431 g/mol. The highest BCUT2D eigenvalue weighted by molar-refractivity contribution is 5.98. The molecule has 0 heterocycles. The van der Waals surface area contributed by atoms with Crippen LogP contribution in [0.2, 0.25) is 0 Å². The Balaban J connectivity index is 1.76. The van der Waals surface area contributed by atoms with Crippen LogP contribution in [0.3, 0.4) is 0 Å². The first-order valence-corrected chi connectivity index (χ1v) is 10.2. The molecule has 0 aliphatic rings. The number of hydrogen-bond acceptors (Lipinski definition) is 5. The van der Waals surface area contributed by atoms with Crippen molar-refractivity contribution in [1.82, 2.24) is 0 Å². The molecule has 6 heteroatoms. The SMILES string of the molecule is CCOc1ccccc1NC(=O)[C@H](OC(=O)/C=C/c1ccc(OC)cc1)c1ccccc1. The van der Waals surface area contributed by atoms with Crippen molar-refractivity contribution >= 4 is 23.6 Å². The summed E-state index contributed by atoms with van der Waals surface area (Å²) in [6, 6.07) is 23.2. The van der Waals surface area contributed by atoms with Crippen LogP contribution < -0.4 is 14.8 Å². The molecule has 1 atom stereocenters. The summed E-state index contributed by atoms with van der Waals surface area (Å²) in [5.74, 6) is 0.149. The normalized spacial score (nSPS) is 11.6. The fourth-order valence-corrected chi connectivity index (χ4v) is 2.99. The number of para-hydroxylation sites is 2. The Morgan fingerprint density at radius 1 is 0.938 bits per heavy atom. The second kappa shape index (κ2) is 11.4.